The van der Waals surface area contributed by atoms with Crippen molar-refractivity contribution in [3.63, 3.8) is 0 Å². The summed E-state index contributed by atoms with van der Waals surface area (Å²) in [4.78, 5) is 7.37. The second-order valence-electron chi connectivity index (χ2n) is 8.85. The highest BCUT2D eigenvalue weighted by Gasteiger charge is 2.27. The number of nitrogens with zero attached hydrogens (tertiary/aromatic N) is 5. The Hall–Kier alpha value is -2.41. The number of likely N-dealkylation sites (N-methyl/N-ethyl adjacent to an activating group) is 1. The quantitative estimate of drug-likeness (QED) is 0.407. The van der Waals surface area contributed by atoms with Crippen LogP contribution in [0.15, 0.2) is 48.5 Å². The molecule has 34 heavy (non-hydrogen) atoms. The molecule has 4 rings (SSSR count). The van der Waals surface area contributed by atoms with Crippen LogP contribution < -0.4 is 4.90 Å². The lowest BCUT2D eigenvalue weighted by molar-refractivity contribution is 0.264. The molecule has 182 valence electrons. The zero-order chi connectivity index (χ0) is 24.1. The number of hydrogen-bond acceptors (Lipinski definition) is 4. The minimum atomic E-state index is -0.233. The molecule has 7 heteroatoms. The van der Waals surface area contributed by atoms with E-state index in [4.69, 9.17) is 16.7 Å². The maximum Gasteiger partial charge on any atom is 0.137 e. The molecule has 0 atom stereocenters. The second-order valence-corrected chi connectivity index (χ2v) is 9.28. The van der Waals surface area contributed by atoms with Crippen molar-refractivity contribution in [2.24, 2.45) is 0 Å². The summed E-state index contributed by atoms with van der Waals surface area (Å²) in [6.45, 7) is 14.2. The van der Waals surface area contributed by atoms with E-state index in [9.17, 15) is 4.39 Å². The molecule has 1 aliphatic heterocycles. The highest BCUT2D eigenvalue weighted by Crippen LogP contribution is 2.31. The first-order valence-electron chi connectivity index (χ1n) is 12.3. The van der Waals surface area contributed by atoms with Gasteiger partial charge in [0.15, 0.2) is 0 Å². The van der Waals surface area contributed by atoms with Gasteiger partial charge in [0.25, 0.3) is 0 Å². The molecule has 1 aliphatic rings. The monoisotopic (exact) mass is 483 g/mol. The first-order valence-corrected chi connectivity index (χ1v) is 12.7. The van der Waals surface area contributed by atoms with Crippen LogP contribution in [0.5, 0.6) is 0 Å². The van der Waals surface area contributed by atoms with Gasteiger partial charge >= 0.3 is 0 Å². The summed E-state index contributed by atoms with van der Waals surface area (Å²) in [6, 6.07) is 14.8. The van der Waals surface area contributed by atoms with Crippen LogP contribution in [-0.4, -0.2) is 58.8 Å². The Morgan fingerprint density at radius 2 is 1.71 bits per heavy atom. The van der Waals surface area contributed by atoms with E-state index in [1.165, 1.54) is 23.3 Å². The summed E-state index contributed by atoms with van der Waals surface area (Å²) in [5.74, 6) is 0.910. The number of hydrogen-bond donors (Lipinski definition) is 0. The lowest BCUT2D eigenvalue weighted by Gasteiger charge is -2.36. The van der Waals surface area contributed by atoms with E-state index in [2.05, 4.69) is 41.5 Å². The van der Waals surface area contributed by atoms with Crippen molar-refractivity contribution in [2.75, 3.05) is 44.2 Å². The van der Waals surface area contributed by atoms with E-state index in [0.717, 1.165) is 81.0 Å². The van der Waals surface area contributed by atoms with Gasteiger partial charge in [-0.3, -0.25) is 4.90 Å². The molecule has 1 fully saturated rings. The molecule has 0 radical (unpaired) electrons. The molecule has 2 heterocycles. The van der Waals surface area contributed by atoms with E-state index in [-0.39, 0.29) is 5.82 Å². The van der Waals surface area contributed by atoms with E-state index in [1.807, 2.05) is 35.0 Å². The number of aryl methyl sites for hydroxylation is 1. The molecule has 5 nitrogen and oxygen atoms in total. The van der Waals surface area contributed by atoms with Crippen LogP contribution in [0.4, 0.5) is 10.2 Å². The predicted molar refractivity (Wildman–Crippen MR) is 138 cm³/mol. The third kappa shape index (κ3) is 5.62. The van der Waals surface area contributed by atoms with Gasteiger partial charge in [0.05, 0.1) is 11.4 Å². The zero-order valence-corrected chi connectivity index (χ0v) is 21.2. The van der Waals surface area contributed by atoms with Crippen molar-refractivity contribution in [3.8, 4) is 5.69 Å². The van der Waals surface area contributed by atoms with Gasteiger partial charge in [-0.05, 0) is 61.5 Å². The molecule has 0 bridgehead atoms. The fraction of sp³-hybridized carbons (Fsp3) is 0.444. The number of aromatic nitrogens is 2. The summed E-state index contributed by atoms with van der Waals surface area (Å²) in [7, 11) is 0. The standard InChI is InChI=1S/C27H35ClFN5/c1-4-26-25(20-32(6-3)19-21-8-7-9-22(28)18-21)27(33-16-14-31(5-2)15-17-33)34(30-26)24-12-10-23(29)11-13-24/h7-13,18H,4-6,14-17,19-20H2,1-3H3. The smallest absolute Gasteiger partial charge is 0.137 e. The van der Waals surface area contributed by atoms with Gasteiger partial charge in [0.2, 0.25) is 0 Å². The molecule has 0 unspecified atom stereocenters. The Kier molecular flexibility index (Phi) is 8.24. The Morgan fingerprint density at radius 3 is 2.32 bits per heavy atom. The predicted octanol–water partition coefficient (Wildman–Crippen LogP) is 5.39. The van der Waals surface area contributed by atoms with Gasteiger partial charge in [-0.2, -0.15) is 5.10 Å². The Morgan fingerprint density at radius 1 is 0.971 bits per heavy atom. The first kappa shape index (κ1) is 24.7. The highest BCUT2D eigenvalue weighted by atomic mass is 35.5. The average Bonchev–Trinajstić information content (AvgIpc) is 3.22. The molecule has 1 aromatic heterocycles. The van der Waals surface area contributed by atoms with Crippen LogP contribution in [0.2, 0.25) is 5.02 Å². The van der Waals surface area contributed by atoms with E-state index in [0.29, 0.717) is 0 Å². The summed E-state index contributed by atoms with van der Waals surface area (Å²) in [5, 5.41) is 5.81. The third-order valence-corrected chi connectivity index (χ3v) is 6.92. The molecular weight excluding hydrogens is 449 g/mol. The lowest BCUT2D eigenvalue weighted by atomic mass is 10.1. The fourth-order valence-electron chi connectivity index (χ4n) is 4.69. The minimum absolute atomic E-state index is 0.233. The lowest BCUT2D eigenvalue weighted by Crippen LogP contribution is -2.47. The van der Waals surface area contributed by atoms with Crippen LogP contribution in [0, 0.1) is 5.82 Å². The summed E-state index contributed by atoms with van der Waals surface area (Å²) in [6.07, 6.45) is 0.847. The van der Waals surface area contributed by atoms with Gasteiger partial charge < -0.3 is 9.80 Å². The van der Waals surface area contributed by atoms with Gasteiger partial charge in [-0.15, -0.1) is 0 Å². The van der Waals surface area contributed by atoms with Crippen molar-refractivity contribution >= 4 is 17.4 Å². The first-order chi connectivity index (χ1) is 16.5. The number of piperazine rings is 1. The maximum atomic E-state index is 13.7. The normalized spacial score (nSPS) is 14.8. The number of halogens is 2. The summed E-state index contributed by atoms with van der Waals surface area (Å²) in [5.41, 5.74) is 4.46. The molecule has 0 N–H and O–H groups in total. The molecule has 0 spiro atoms. The Bertz CT molecular complexity index is 1070. The molecule has 1 saturated heterocycles. The van der Waals surface area contributed by atoms with Gasteiger partial charge in [0.1, 0.15) is 11.6 Å². The minimum Gasteiger partial charge on any atom is -0.354 e. The average molecular weight is 484 g/mol. The highest BCUT2D eigenvalue weighted by molar-refractivity contribution is 6.30. The van der Waals surface area contributed by atoms with Gasteiger partial charge in [-0.1, -0.05) is 44.5 Å². The topological polar surface area (TPSA) is 27.5 Å². The second kappa shape index (κ2) is 11.3. The molecule has 0 aliphatic carbocycles. The van der Waals surface area contributed by atoms with Crippen LogP contribution in [0.25, 0.3) is 5.69 Å². The summed E-state index contributed by atoms with van der Waals surface area (Å²) >= 11 is 6.24. The van der Waals surface area contributed by atoms with Crippen molar-refractivity contribution in [3.05, 3.63) is 76.2 Å². The third-order valence-electron chi connectivity index (χ3n) is 6.69. The molecular formula is C27H35ClFN5. The largest absolute Gasteiger partial charge is 0.354 e. The van der Waals surface area contributed by atoms with E-state index in [1.54, 1.807) is 0 Å². The van der Waals surface area contributed by atoms with Gasteiger partial charge in [-0.25, -0.2) is 9.07 Å². The van der Waals surface area contributed by atoms with Crippen LogP contribution >= 0.6 is 11.6 Å². The summed E-state index contributed by atoms with van der Waals surface area (Å²) < 4.78 is 15.7. The number of anilines is 1. The zero-order valence-electron chi connectivity index (χ0n) is 20.5. The molecule has 3 aromatic rings. The van der Waals surface area contributed by atoms with E-state index < -0.39 is 0 Å². The van der Waals surface area contributed by atoms with Crippen molar-refractivity contribution < 1.29 is 4.39 Å². The van der Waals surface area contributed by atoms with Crippen molar-refractivity contribution in [1.82, 2.24) is 19.6 Å². The number of benzene rings is 2. The Balaban J connectivity index is 1.71. The van der Waals surface area contributed by atoms with Crippen LogP contribution in [0.3, 0.4) is 0 Å². The molecule has 0 saturated carbocycles. The SMILES string of the molecule is CCc1nn(-c2ccc(F)cc2)c(N2CCN(CC)CC2)c1CN(CC)Cc1cccc(Cl)c1. The molecule has 0 amide bonds. The molecule has 2 aromatic carbocycles. The van der Waals surface area contributed by atoms with Crippen molar-refractivity contribution in [2.45, 2.75) is 40.3 Å². The fourth-order valence-corrected chi connectivity index (χ4v) is 4.90. The Labute approximate surface area is 207 Å². The van der Waals surface area contributed by atoms with Crippen molar-refractivity contribution in [1.29, 1.82) is 0 Å². The van der Waals surface area contributed by atoms with E-state index >= 15 is 0 Å². The van der Waals surface area contributed by atoms with Gasteiger partial charge in [0, 0.05) is 49.9 Å². The number of rotatable bonds is 9. The maximum absolute atomic E-state index is 13.7. The van der Waals surface area contributed by atoms with Crippen LogP contribution in [-0.2, 0) is 19.5 Å². The van der Waals surface area contributed by atoms with Crippen LogP contribution in [0.1, 0.15) is 37.6 Å².